The van der Waals surface area contributed by atoms with Crippen LogP contribution in [0.3, 0.4) is 0 Å². The van der Waals surface area contributed by atoms with Crippen LogP contribution >= 0.6 is 0 Å². The van der Waals surface area contributed by atoms with Crippen molar-refractivity contribution in [3.8, 4) is 0 Å². The summed E-state index contributed by atoms with van der Waals surface area (Å²) in [4.78, 5) is 72.2. The van der Waals surface area contributed by atoms with Crippen LogP contribution in [0, 0.1) is 20.2 Å². The average Bonchev–Trinajstić information content (AvgIpc) is 3.28. The standard InChI is InChI=1S/C24H12N6O8/c31-21-15-9-17-18(24(34)20(23(17)33)28-26-12-4-2-6-14(8-12)30(37)38)10-16(15)22(32)19(21)27-25-11-3-1-5-13(7-11)29(35)36/h1-10,19-20H. The molecule has 5 rings (SSSR count). The predicted molar refractivity (Wildman–Crippen MR) is 127 cm³/mol. The maximum atomic E-state index is 12.9. The molecule has 0 N–H and O–H groups in total. The highest BCUT2D eigenvalue weighted by atomic mass is 16.6. The maximum Gasteiger partial charge on any atom is 0.271 e. The fraction of sp³-hybridized carbons (Fsp3) is 0.0833. The third-order valence-electron chi connectivity index (χ3n) is 5.87. The number of hydrogen-bond donors (Lipinski definition) is 0. The van der Waals surface area contributed by atoms with Crippen molar-refractivity contribution in [1.82, 2.24) is 0 Å². The van der Waals surface area contributed by atoms with E-state index in [1.54, 1.807) is 0 Å². The Kier molecular flexibility index (Phi) is 5.75. The summed E-state index contributed by atoms with van der Waals surface area (Å²) in [7, 11) is 0. The quantitative estimate of drug-likeness (QED) is 0.197. The Morgan fingerprint density at radius 2 is 0.895 bits per heavy atom. The molecule has 3 aromatic carbocycles. The van der Waals surface area contributed by atoms with Crippen LogP contribution in [0.5, 0.6) is 0 Å². The van der Waals surface area contributed by atoms with Gasteiger partial charge in [0.05, 0.1) is 21.2 Å². The highest BCUT2D eigenvalue weighted by Crippen LogP contribution is 2.34. The monoisotopic (exact) mass is 512 g/mol. The van der Waals surface area contributed by atoms with Crippen LogP contribution < -0.4 is 0 Å². The van der Waals surface area contributed by atoms with Crippen molar-refractivity contribution in [2.45, 2.75) is 12.1 Å². The van der Waals surface area contributed by atoms with E-state index in [-0.39, 0.29) is 45.0 Å². The van der Waals surface area contributed by atoms with Gasteiger partial charge < -0.3 is 0 Å². The van der Waals surface area contributed by atoms with E-state index >= 15 is 0 Å². The molecule has 0 fully saturated rings. The number of benzene rings is 3. The number of carbonyl (C=O) groups is 4. The predicted octanol–water partition coefficient (Wildman–Crippen LogP) is 4.57. The van der Waals surface area contributed by atoms with Crippen LogP contribution in [0.4, 0.5) is 22.7 Å². The van der Waals surface area contributed by atoms with Crippen molar-refractivity contribution in [2.75, 3.05) is 0 Å². The van der Waals surface area contributed by atoms with Gasteiger partial charge >= 0.3 is 0 Å². The number of rotatable bonds is 6. The Balaban J connectivity index is 1.40. The second-order valence-corrected chi connectivity index (χ2v) is 8.19. The Hall–Kier alpha value is -5.66. The van der Waals surface area contributed by atoms with Crippen molar-refractivity contribution < 1.29 is 29.0 Å². The topological polar surface area (TPSA) is 204 Å². The number of azo groups is 2. The molecule has 0 saturated carbocycles. The van der Waals surface area contributed by atoms with Crippen LogP contribution in [0.1, 0.15) is 41.4 Å². The van der Waals surface area contributed by atoms with Crippen molar-refractivity contribution in [3.63, 3.8) is 0 Å². The van der Waals surface area contributed by atoms with Crippen LogP contribution in [0.15, 0.2) is 81.1 Å². The molecule has 0 unspecified atom stereocenters. The Bertz CT molecular complexity index is 1500. The molecule has 186 valence electrons. The molecule has 2 aliphatic rings. The summed E-state index contributed by atoms with van der Waals surface area (Å²) in [5.41, 5.74) is -0.855. The molecule has 3 aromatic rings. The molecule has 0 amide bonds. The smallest absolute Gasteiger partial charge is 0.271 e. The number of Topliss-reactive ketones (excluding diaryl/α,β-unsaturated/α-hetero) is 4. The maximum absolute atomic E-state index is 12.9. The molecule has 0 aliphatic heterocycles. The number of carbonyl (C=O) groups excluding carboxylic acids is 4. The van der Waals surface area contributed by atoms with E-state index in [1.165, 1.54) is 36.4 Å². The Labute approximate surface area is 211 Å². The SMILES string of the molecule is O=C1c2cc3c(cc2C(=O)C1N=Nc1cccc([N+](=O)[O-])c1)C(=O)C(N=Nc1cccc([N+](=O)[O-])c1)C3=O. The van der Waals surface area contributed by atoms with Crippen LogP contribution in [0.2, 0.25) is 0 Å². The summed E-state index contributed by atoms with van der Waals surface area (Å²) in [5.74, 6) is -2.99. The van der Waals surface area contributed by atoms with Gasteiger partial charge in [0, 0.05) is 46.5 Å². The molecule has 14 nitrogen and oxygen atoms in total. The van der Waals surface area contributed by atoms with E-state index in [0.29, 0.717) is 0 Å². The van der Waals surface area contributed by atoms with E-state index in [4.69, 9.17) is 0 Å². The number of fused-ring (bicyclic) bond motifs is 2. The van der Waals surface area contributed by atoms with Crippen LogP contribution in [0.25, 0.3) is 0 Å². The van der Waals surface area contributed by atoms with Gasteiger partial charge in [0.1, 0.15) is 0 Å². The minimum Gasteiger partial charge on any atom is -0.291 e. The summed E-state index contributed by atoms with van der Waals surface area (Å²) >= 11 is 0. The van der Waals surface area contributed by atoms with E-state index in [1.807, 2.05) is 0 Å². The number of non-ortho nitro benzene ring substituents is 2. The average molecular weight is 512 g/mol. The first-order chi connectivity index (χ1) is 18.2. The van der Waals surface area contributed by atoms with Gasteiger partial charge in [-0.25, -0.2) is 0 Å². The molecule has 0 spiro atoms. The summed E-state index contributed by atoms with van der Waals surface area (Å²) in [6.45, 7) is 0. The van der Waals surface area contributed by atoms with Gasteiger partial charge in [-0.3, -0.25) is 39.4 Å². The van der Waals surface area contributed by atoms with Gasteiger partial charge in [-0.05, 0) is 24.3 Å². The molecule has 0 bridgehead atoms. The number of nitro groups is 2. The van der Waals surface area contributed by atoms with Gasteiger partial charge in [0.25, 0.3) is 11.4 Å². The molecular weight excluding hydrogens is 500 g/mol. The first-order valence-electron chi connectivity index (χ1n) is 10.8. The van der Waals surface area contributed by atoms with Crippen molar-refractivity contribution in [1.29, 1.82) is 0 Å². The molecule has 0 saturated heterocycles. The second kappa shape index (κ2) is 9.09. The lowest BCUT2D eigenvalue weighted by Gasteiger charge is -1.99. The van der Waals surface area contributed by atoms with Gasteiger partial charge in [0.15, 0.2) is 35.2 Å². The zero-order valence-electron chi connectivity index (χ0n) is 18.9. The lowest BCUT2D eigenvalue weighted by atomic mass is 10.0. The fourth-order valence-corrected chi connectivity index (χ4v) is 4.04. The Morgan fingerprint density at radius 3 is 1.21 bits per heavy atom. The van der Waals surface area contributed by atoms with Crippen LogP contribution in [-0.2, 0) is 0 Å². The summed E-state index contributed by atoms with van der Waals surface area (Å²) < 4.78 is 0. The molecular formula is C24H12N6O8. The van der Waals surface area contributed by atoms with E-state index in [0.717, 1.165) is 24.3 Å². The fourth-order valence-electron chi connectivity index (χ4n) is 4.04. The van der Waals surface area contributed by atoms with Gasteiger partial charge in [-0.1, -0.05) is 12.1 Å². The van der Waals surface area contributed by atoms with E-state index in [2.05, 4.69) is 20.5 Å². The lowest BCUT2D eigenvalue weighted by molar-refractivity contribution is -0.385. The molecule has 0 atom stereocenters. The number of nitrogens with zero attached hydrogens (tertiary/aromatic N) is 6. The normalized spacial score (nSPS) is 15.6. The minimum absolute atomic E-state index is 0.0561. The Morgan fingerprint density at radius 1 is 0.553 bits per heavy atom. The van der Waals surface area contributed by atoms with Gasteiger partial charge in [0.2, 0.25) is 0 Å². The van der Waals surface area contributed by atoms with Crippen molar-refractivity contribution in [2.24, 2.45) is 20.5 Å². The van der Waals surface area contributed by atoms with E-state index < -0.39 is 45.1 Å². The van der Waals surface area contributed by atoms with Gasteiger partial charge in [-0.2, -0.15) is 20.5 Å². The van der Waals surface area contributed by atoms with E-state index in [9.17, 15) is 39.4 Å². The highest BCUT2D eigenvalue weighted by Gasteiger charge is 2.45. The largest absolute Gasteiger partial charge is 0.291 e. The third-order valence-corrected chi connectivity index (χ3v) is 5.87. The third kappa shape index (κ3) is 4.05. The summed E-state index contributed by atoms with van der Waals surface area (Å²) in [6, 6.07) is 9.41. The first-order valence-corrected chi connectivity index (χ1v) is 10.8. The van der Waals surface area contributed by atoms with Gasteiger partial charge in [-0.15, -0.1) is 0 Å². The summed E-state index contributed by atoms with van der Waals surface area (Å²) in [6.07, 6.45) is 0. The molecule has 0 aromatic heterocycles. The zero-order valence-corrected chi connectivity index (χ0v) is 18.9. The molecule has 2 aliphatic carbocycles. The number of ketones is 4. The molecule has 38 heavy (non-hydrogen) atoms. The number of hydrogen-bond acceptors (Lipinski definition) is 12. The zero-order chi connectivity index (χ0) is 27.1. The van der Waals surface area contributed by atoms with Crippen molar-refractivity contribution in [3.05, 3.63) is 103 Å². The molecule has 14 heteroatoms. The van der Waals surface area contributed by atoms with Crippen molar-refractivity contribution >= 4 is 45.9 Å². The highest BCUT2D eigenvalue weighted by molar-refractivity contribution is 6.34. The number of nitro benzene ring substituents is 2. The minimum atomic E-state index is -1.57. The molecule has 0 heterocycles. The molecule has 0 radical (unpaired) electrons. The van der Waals surface area contributed by atoms with Crippen LogP contribution in [-0.4, -0.2) is 45.1 Å². The summed E-state index contributed by atoms with van der Waals surface area (Å²) in [5, 5.41) is 36.9. The second-order valence-electron chi connectivity index (χ2n) is 8.19. The first kappa shape index (κ1) is 24.1. The lowest BCUT2D eigenvalue weighted by Crippen LogP contribution is -2.20.